The fourth-order valence-electron chi connectivity index (χ4n) is 1.50. The molecule has 0 bridgehead atoms. The molecular formula is C11H16Cl2N2. The predicted octanol–water partition coefficient (Wildman–Crippen LogP) is 3.42. The van der Waals surface area contributed by atoms with Gasteiger partial charge in [0.15, 0.2) is 0 Å². The SMILES string of the molecule is CCCN(C)Cc1cc(Cl)c(N)c(Cl)c1. The molecule has 0 amide bonds. The molecule has 1 aromatic carbocycles. The van der Waals surface area contributed by atoms with Crippen LogP contribution in [-0.4, -0.2) is 18.5 Å². The number of benzene rings is 1. The van der Waals surface area contributed by atoms with Crippen molar-refractivity contribution in [2.45, 2.75) is 19.9 Å². The molecular weight excluding hydrogens is 231 g/mol. The number of nitrogens with two attached hydrogens (primary N) is 1. The highest BCUT2D eigenvalue weighted by molar-refractivity contribution is 6.38. The number of nitrogens with zero attached hydrogens (tertiary/aromatic N) is 1. The molecule has 2 nitrogen and oxygen atoms in total. The zero-order valence-corrected chi connectivity index (χ0v) is 10.6. The molecule has 1 rings (SSSR count). The second-order valence-electron chi connectivity index (χ2n) is 3.71. The molecule has 0 atom stereocenters. The first-order valence-corrected chi connectivity index (χ1v) is 5.72. The standard InChI is InChI=1S/C11H16Cl2N2/c1-3-4-15(2)7-8-5-9(12)11(14)10(13)6-8/h5-6H,3-4,7,14H2,1-2H3. The van der Waals surface area contributed by atoms with Gasteiger partial charge in [0.05, 0.1) is 15.7 Å². The lowest BCUT2D eigenvalue weighted by Gasteiger charge is -2.16. The molecule has 84 valence electrons. The lowest BCUT2D eigenvalue weighted by atomic mass is 10.2. The van der Waals surface area contributed by atoms with Gasteiger partial charge in [-0.05, 0) is 37.7 Å². The molecule has 15 heavy (non-hydrogen) atoms. The molecule has 0 saturated heterocycles. The van der Waals surface area contributed by atoms with Crippen molar-refractivity contribution >= 4 is 28.9 Å². The van der Waals surface area contributed by atoms with Crippen LogP contribution >= 0.6 is 23.2 Å². The minimum Gasteiger partial charge on any atom is -0.396 e. The van der Waals surface area contributed by atoms with E-state index in [2.05, 4.69) is 18.9 Å². The maximum Gasteiger partial charge on any atom is 0.0693 e. The normalized spacial score (nSPS) is 11.0. The van der Waals surface area contributed by atoms with Crippen LogP contribution in [0.15, 0.2) is 12.1 Å². The Hall–Kier alpha value is -0.440. The van der Waals surface area contributed by atoms with Gasteiger partial charge in [-0.1, -0.05) is 30.1 Å². The Morgan fingerprint density at radius 1 is 1.27 bits per heavy atom. The molecule has 0 spiro atoms. The van der Waals surface area contributed by atoms with Gasteiger partial charge in [0, 0.05) is 6.54 Å². The van der Waals surface area contributed by atoms with E-state index >= 15 is 0 Å². The summed E-state index contributed by atoms with van der Waals surface area (Å²) in [6.45, 7) is 4.05. The van der Waals surface area contributed by atoms with Gasteiger partial charge in [-0.2, -0.15) is 0 Å². The maximum absolute atomic E-state index is 5.95. The quantitative estimate of drug-likeness (QED) is 0.826. The highest BCUT2D eigenvalue weighted by Crippen LogP contribution is 2.29. The Labute approximate surface area is 101 Å². The molecule has 0 saturated carbocycles. The number of halogens is 2. The summed E-state index contributed by atoms with van der Waals surface area (Å²) in [5.41, 5.74) is 7.21. The summed E-state index contributed by atoms with van der Waals surface area (Å²) in [5, 5.41) is 1.06. The minimum absolute atomic E-state index is 0.459. The van der Waals surface area contributed by atoms with E-state index in [1.807, 2.05) is 12.1 Å². The van der Waals surface area contributed by atoms with E-state index in [-0.39, 0.29) is 0 Å². The summed E-state index contributed by atoms with van der Waals surface area (Å²) in [7, 11) is 2.07. The Bertz CT molecular complexity index is 316. The number of rotatable bonds is 4. The fraction of sp³-hybridized carbons (Fsp3) is 0.455. The zero-order chi connectivity index (χ0) is 11.4. The largest absolute Gasteiger partial charge is 0.396 e. The predicted molar refractivity (Wildman–Crippen MR) is 67.5 cm³/mol. The van der Waals surface area contributed by atoms with Crippen LogP contribution in [0.2, 0.25) is 10.0 Å². The van der Waals surface area contributed by atoms with Gasteiger partial charge in [-0.25, -0.2) is 0 Å². The van der Waals surface area contributed by atoms with Crippen LogP contribution in [0.25, 0.3) is 0 Å². The lowest BCUT2D eigenvalue weighted by molar-refractivity contribution is 0.327. The first-order valence-electron chi connectivity index (χ1n) is 4.96. The summed E-state index contributed by atoms with van der Waals surface area (Å²) >= 11 is 11.9. The highest BCUT2D eigenvalue weighted by atomic mass is 35.5. The van der Waals surface area contributed by atoms with E-state index in [9.17, 15) is 0 Å². The van der Waals surface area contributed by atoms with Crippen LogP contribution in [0.5, 0.6) is 0 Å². The molecule has 2 N–H and O–H groups in total. The number of hydrogen-bond acceptors (Lipinski definition) is 2. The molecule has 0 aromatic heterocycles. The van der Waals surface area contributed by atoms with E-state index in [1.54, 1.807) is 0 Å². The third-order valence-corrected chi connectivity index (χ3v) is 2.82. The van der Waals surface area contributed by atoms with Crippen molar-refractivity contribution in [1.82, 2.24) is 4.90 Å². The Morgan fingerprint density at radius 3 is 2.27 bits per heavy atom. The van der Waals surface area contributed by atoms with Gasteiger partial charge >= 0.3 is 0 Å². The third kappa shape index (κ3) is 3.56. The summed E-state index contributed by atoms with van der Waals surface area (Å²) in [6.07, 6.45) is 1.13. The fourth-order valence-corrected chi connectivity index (χ4v) is 2.03. The van der Waals surface area contributed by atoms with E-state index < -0.39 is 0 Å². The van der Waals surface area contributed by atoms with Gasteiger partial charge < -0.3 is 10.6 Å². The lowest BCUT2D eigenvalue weighted by Crippen LogP contribution is -2.18. The van der Waals surface area contributed by atoms with Crippen molar-refractivity contribution < 1.29 is 0 Å². The van der Waals surface area contributed by atoms with Crippen LogP contribution < -0.4 is 5.73 Å². The zero-order valence-electron chi connectivity index (χ0n) is 9.06. The second-order valence-corrected chi connectivity index (χ2v) is 4.53. The average Bonchev–Trinajstić information content (AvgIpc) is 2.14. The van der Waals surface area contributed by atoms with Crippen molar-refractivity contribution in [2.75, 3.05) is 19.3 Å². The summed E-state index contributed by atoms with van der Waals surface area (Å²) < 4.78 is 0. The number of anilines is 1. The first kappa shape index (κ1) is 12.6. The first-order chi connectivity index (χ1) is 7.04. The van der Waals surface area contributed by atoms with Crippen LogP contribution in [0, 0.1) is 0 Å². The van der Waals surface area contributed by atoms with Crippen molar-refractivity contribution in [1.29, 1.82) is 0 Å². The molecule has 1 aromatic rings. The van der Waals surface area contributed by atoms with Crippen molar-refractivity contribution in [2.24, 2.45) is 0 Å². The van der Waals surface area contributed by atoms with Crippen LogP contribution in [-0.2, 0) is 6.54 Å². The Morgan fingerprint density at radius 2 is 1.80 bits per heavy atom. The van der Waals surface area contributed by atoms with Gasteiger partial charge in [0.25, 0.3) is 0 Å². The second kappa shape index (κ2) is 5.59. The number of hydrogen-bond donors (Lipinski definition) is 1. The third-order valence-electron chi connectivity index (χ3n) is 2.20. The molecule has 0 heterocycles. The van der Waals surface area contributed by atoms with Crippen LogP contribution in [0.1, 0.15) is 18.9 Å². The number of nitrogen functional groups attached to an aromatic ring is 1. The average molecular weight is 247 g/mol. The topological polar surface area (TPSA) is 29.3 Å². The van der Waals surface area contributed by atoms with Crippen LogP contribution in [0.3, 0.4) is 0 Å². The minimum atomic E-state index is 0.459. The molecule has 0 unspecified atom stereocenters. The Kier molecular flexibility index (Phi) is 4.71. The maximum atomic E-state index is 5.95. The van der Waals surface area contributed by atoms with E-state index in [0.29, 0.717) is 15.7 Å². The van der Waals surface area contributed by atoms with Crippen molar-refractivity contribution in [3.05, 3.63) is 27.7 Å². The summed E-state index contributed by atoms with van der Waals surface area (Å²) in [4.78, 5) is 2.22. The summed E-state index contributed by atoms with van der Waals surface area (Å²) in [5.74, 6) is 0. The van der Waals surface area contributed by atoms with Crippen molar-refractivity contribution in [3.63, 3.8) is 0 Å². The van der Waals surface area contributed by atoms with Gasteiger partial charge in [0.1, 0.15) is 0 Å². The molecule has 0 aliphatic carbocycles. The van der Waals surface area contributed by atoms with Gasteiger partial charge in [0.2, 0.25) is 0 Å². The van der Waals surface area contributed by atoms with E-state index in [0.717, 1.165) is 25.1 Å². The van der Waals surface area contributed by atoms with E-state index in [4.69, 9.17) is 28.9 Å². The Balaban J connectivity index is 2.78. The van der Waals surface area contributed by atoms with E-state index in [1.165, 1.54) is 0 Å². The van der Waals surface area contributed by atoms with Gasteiger partial charge in [-0.15, -0.1) is 0 Å². The molecule has 4 heteroatoms. The molecule has 0 aliphatic heterocycles. The molecule has 0 fully saturated rings. The van der Waals surface area contributed by atoms with Crippen LogP contribution in [0.4, 0.5) is 5.69 Å². The highest BCUT2D eigenvalue weighted by Gasteiger charge is 2.06. The molecule has 0 aliphatic rings. The van der Waals surface area contributed by atoms with Gasteiger partial charge in [-0.3, -0.25) is 0 Å². The summed E-state index contributed by atoms with van der Waals surface area (Å²) in [6, 6.07) is 3.74. The van der Waals surface area contributed by atoms with Crippen molar-refractivity contribution in [3.8, 4) is 0 Å². The monoisotopic (exact) mass is 246 g/mol. The molecule has 0 radical (unpaired) electrons. The smallest absolute Gasteiger partial charge is 0.0693 e.